The summed E-state index contributed by atoms with van der Waals surface area (Å²) >= 11 is 0. The Bertz CT molecular complexity index is 367. The van der Waals surface area contributed by atoms with Crippen LogP contribution in [0, 0.1) is 11.8 Å². The van der Waals surface area contributed by atoms with Crippen LogP contribution in [0.5, 0.6) is 0 Å². The van der Waals surface area contributed by atoms with Gasteiger partial charge in [-0.05, 0) is 37.6 Å². The molecule has 0 bridgehead atoms. The third-order valence-electron chi connectivity index (χ3n) is 3.69. The van der Waals surface area contributed by atoms with E-state index in [-0.39, 0.29) is 0 Å². The lowest BCUT2D eigenvalue weighted by atomic mass is 10.0. The first-order chi connectivity index (χ1) is 7.83. The fraction of sp³-hybridized carbons (Fsp3) is 0.833. The van der Waals surface area contributed by atoms with E-state index in [1.165, 1.54) is 25.1 Å². The van der Waals surface area contributed by atoms with Crippen LogP contribution in [-0.4, -0.2) is 21.3 Å². The molecule has 1 aliphatic carbocycles. The predicted octanol–water partition coefficient (Wildman–Crippen LogP) is 1.36. The summed E-state index contributed by atoms with van der Waals surface area (Å²) < 4.78 is 2.31. The van der Waals surface area contributed by atoms with Crippen molar-refractivity contribution < 1.29 is 0 Å². The summed E-state index contributed by atoms with van der Waals surface area (Å²) in [4.78, 5) is 0. The third-order valence-corrected chi connectivity index (χ3v) is 3.69. The minimum absolute atomic E-state index is 0.768. The molecule has 1 aromatic heterocycles. The molecule has 3 rings (SSSR count). The molecular weight excluding hydrogens is 200 g/mol. The van der Waals surface area contributed by atoms with Gasteiger partial charge in [-0.2, -0.15) is 0 Å². The van der Waals surface area contributed by atoms with E-state index in [9.17, 15) is 0 Å². The molecule has 1 aliphatic heterocycles. The maximum Gasteiger partial charge on any atom is 0.147 e. The van der Waals surface area contributed by atoms with Crippen molar-refractivity contribution in [3.63, 3.8) is 0 Å². The van der Waals surface area contributed by atoms with Gasteiger partial charge in [0.15, 0.2) is 0 Å². The topological polar surface area (TPSA) is 42.7 Å². The van der Waals surface area contributed by atoms with E-state index in [0.29, 0.717) is 0 Å². The maximum atomic E-state index is 4.30. The summed E-state index contributed by atoms with van der Waals surface area (Å²) in [5.41, 5.74) is 0. The van der Waals surface area contributed by atoms with E-state index in [4.69, 9.17) is 0 Å². The second-order valence-electron chi connectivity index (χ2n) is 5.36. The van der Waals surface area contributed by atoms with Gasteiger partial charge >= 0.3 is 0 Å². The van der Waals surface area contributed by atoms with Crippen LogP contribution < -0.4 is 5.32 Å². The van der Waals surface area contributed by atoms with Gasteiger partial charge in [-0.1, -0.05) is 6.92 Å². The molecule has 0 spiro atoms. The summed E-state index contributed by atoms with van der Waals surface area (Å²) in [6.07, 6.45) is 5.17. The predicted molar refractivity (Wildman–Crippen MR) is 61.9 cm³/mol. The highest BCUT2D eigenvalue weighted by atomic mass is 15.3. The number of aromatic nitrogens is 3. The highest BCUT2D eigenvalue weighted by Gasteiger charge is 2.22. The monoisotopic (exact) mass is 220 g/mol. The highest BCUT2D eigenvalue weighted by molar-refractivity contribution is 5.00. The molecule has 1 N–H and O–H groups in total. The molecule has 1 aromatic rings. The van der Waals surface area contributed by atoms with Gasteiger partial charge in [0.05, 0.1) is 6.54 Å². The fourth-order valence-corrected chi connectivity index (χ4v) is 2.39. The zero-order chi connectivity index (χ0) is 11.0. The molecule has 0 aromatic carbocycles. The Balaban J connectivity index is 1.61. The van der Waals surface area contributed by atoms with Gasteiger partial charge < -0.3 is 9.88 Å². The summed E-state index contributed by atoms with van der Waals surface area (Å²) in [5.74, 6) is 4.01. The SMILES string of the molecule is CC1CCn2c(CNCC3CC3)nnc2C1. The fourth-order valence-electron chi connectivity index (χ4n) is 2.39. The van der Waals surface area contributed by atoms with E-state index in [1.54, 1.807) is 0 Å². The van der Waals surface area contributed by atoms with Gasteiger partial charge in [0.25, 0.3) is 0 Å². The summed E-state index contributed by atoms with van der Waals surface area (Å²) in [7, 11) is 0. The zero-order valence-electron chi connectivity index (χ0n) is 9.95. The van der Waals surface area contributed by atoms with Crippen molar-refractivity contribution in [3.8, 4) is 0 Å². The first-order valence-electron chi connectivity index (χ1n) is 6.44. The molecule has 1 atom stereocenters. The Kier molecular flexibility index (Phi) is 2.67. The number of nitrogens with zero attached hydrogens (tertiary/aromatic N) is 3. The van der Waals surface area contributed by atoms with Crippen molar-refractivity contribution >= 4 is 0 Å². The van der Waals surface area contributed by atoms with Gasteiger partial charge in [0.1, 0.15) is 11.6 Å². The average molecular weight is 220 g/mol. The van der Waals surface area contributed by atoms with Crippen LogP contribution in [0.3, 0.4) is 0 Å². The summed E-state index contributed by atoms with van der Waals surface area (Å²) in [6, 6.07) is 0. The van der Waals surface area contributed by atoms with Gasteiger partial charge in [0.2, 0.25) is 0 Å². The average Bonchev–Trinajstić information content (AvgIpc) is 3.00. The van der Waals surface area contributed by atoms with Crippen LogP contribution in [-0.2, 0) is 19.5 Å². The van der Waals surface area contributed by atoms with Crippen LogP contribution in [0.25, 0.3) is 0 Å². The molecule has 1 unspecified atom stereocenters. The standard InChI is InChI=1S/C12H20N4/c1-9-4-5-16-11(6-9)14-15-12(16)8-13-7-10-2-3-10/h9-10,13H,2-8H2,1H3. The van der Waals surface area contributed by atoms with Crippen LogP contribution in [0.4, 0.5) is 0 Å². The van der Waals surface area contributed by atoms with Gasteiger partial charge in [-0.3, -0.25) is 0 Å². The Labute approximate surface area is 96.4 Å². The number of hydrogen-bond acceptors (Lipinski definition) is 3. The summed E-state index contributed by atoms with van der Waals surface area (Å²) in [6.45, 7) is 5.43. The lowest BCUT2D eigenvalue weighted by molar-refractivity contribution is 0.399. The lowest BCUT2D eigenvalue weighted by Gasteiger charge is -2.20. The molecule has 1 saturated carbocycles. The van der Waals surface area contributed by atoms with E-state index in [2.05, 4.69) is 27.0 Å². The molecule has 2 aliphatic rings. The second kappa shape index (κ2) is 4.17. The Morgan fingerprint density at radius 2 is 2.19 bits per heavy atom. The second-order valence-corrected chi connectivity index (χ2v) is 5.36. The first-order valence-corrected chi connectivity index (χ1v) is 6.44. The largest absolute Gasteiger partial charge is 0.314 e. The van der Waals surface area contributed by atoms with Gasteiger partial charge in [-0.15, -0.1) is 10.2 Å². The van der Waals surface area contributed by atoms with Crippen molar-refractivity contribution in [2.24, 2.45) is 11.8 Å². The number of rotatable bonds is 4. The highest BCUT2D eigenvalue weighted by Crippen LogP contribution is 2.27. The molecule has 4 nitrogen and oxygen atoms in total. The normalized spacial score (nSPS) is 24.4. The Morgan fingerprint density at radius 3 is 3.00 bits per heavy atom. The summed E-state index contributed by atoms with van der Waals surface area (Å²) in [5, 5.41) is 12.1. The van der Waals surface area contributed by atoms with Gasteiger partial charge in [-0.25, -0.2) is 0 Å². The molecule has 0 amide bonds. The molecule has 0 saturated heterocycles. The van der Waals surface area contributed by atoms with Crippen molar-refractivity contribution in [1.29, 1.82) is 0 Å². The molecule has 16 heavy (non-hydrogen) atoms. The maximum absolute atomic E-state index is 4.30. The third kappa shape index (κ3) is 2.12. The minimum Gasteiger partial charge on any atom is -0.314 e. The van der Waals surface area contributed by atoms with Gasteiger partial charge in [0, 0.05) is 13.0 Å². The van der Waals surface area contributed by atoms with Crippen molar-refractivity contribution in [1.82, 2.24) is 20.1 Å². The van der Waals surface area contributed by atoms with E-state index >= 15 is 0 Å². The van der Waals surface area contributed by atoms with E-state index in [1.807, 2.05) is 0 Å². The van der Waals surface area contributed by atoms with E-state index in [0.717, 1.165) is 43.7 Å². The first kappa shape index (κ1) is 10.3. The molecular formula is C12H20N4. The van der Waals surface area contributed by atoms with Crippen LogP contribution in [0.2, 0.25) is 0 Å². The lowest BCUT2D eigenvalue weighted by Crippen LogP contribution is -2.23. The van der Waals surface area contributed by atoms with Crippen LogP contribution in [0.1, 0.15) is 37.8 Å². The van der Waals surface area contributed by atoms with Crippen LogP contribution in [0.15, 0.2) is 0 Å². The Morgan fingerprint density at radius 1 is 1.31 bits per heavy atom. The minimum atomic E-state index is 0.768. The molecule has 2 heterocycles. The molecule has 1 fully saturated rings. The quantitative estimate of drug-likeness (QED) is 0.833. The van der Waals surface area contributed by atoms with Crippen LogP contribution >= 0.6 is 0 Å². The molecule has 88 valence electrons. The number of fused-ring (bicyclic) bond motifs is 1. The Hall–Kier alpha value is -0.900. The smallest absolute Gasteiger partial charge is 0.147 e. The van der Waals surface area contributed by atoms with Crippen molar-refractivity contribution in [2.45, 2.75) is 45.7 Å². The number of nitrogens with one attached hydrogen (secondary N) is 1. The van der Waals surface area contributed by atoms with Crippen molar-refractivity contribution in [2.75, 3.05) is 6.54 Å². The molecule has 4 heteroatoms. The van der Waals surface area contributed by atoms with Crippen molar-refractivity contribution in [3.05, 3.63) is 11.6 Å². The molecule has 0 radical (unpaired) electrons. The zero-order valence-corrected chi connectivity index (χ0v) is 9.95. The van der Waals surface area contributed by atoms with E-state index < -0.39 is 0 Å². The number of hydrogen-bond donors (Lipinski definition) is 1.